The van der Waals surface area contributed by atoms with Gasteiger partial charge in [0, 0.05) is 22.2 Å². The molecule has 0 aliphatic heterocycles. The number of carbonyl (C=O) groups excluding carboxylic acids is 1. The summed E-state index contributed by atoms with van der Waals surface area (Å²) in [7, 11) is -3.28. The van der Waals surface area contributed by atoms with Crippen LogP contribution in [0.4, 0.5) is 0 Å². The van der Waals surface area contributed by atoms with Gasteiger partial charge in [0.2, 0.25) is 0 Å². The molecule has 1 amide bonds. The summed E-state index contributed by atoms with van der Waals surface area (Å²) in [5.41, 5.74) is 1.50. The maximum absolute atomic E-state index is 12.7. The lowest BCUT2D eigenvalue weighted by molar-refractivity contribution is -0.0839. The van der Waals surface area contributed by atoms with Gasteiger partial charge in [-0.1, -0.05) is 16.8 Å². The molecule has 0 radical (unpaired) electrons. The number of hydrogen-bond donors (Lipinski definition) is 1. The molecule has 10 heteroatoms. The van der Waals surface area contributed by atoms with Crippen LogP contribution in [0.3, 0.4) is 0 Å². The molecule has 0 spiro atoms. The van der Waals surface area contributed by atoms with Crippen LogP contribution in [0.2, 0.25) is 5.02 Å². The van der Waals surface area contributed by atoms with Gasteiger partial charge < -0.3 is 9.73 Å². The van der Waals surface area contributed by atoms with E-state index in [4.69, 9.17) is 16.0 Å². The van der Waals surface area contributed by atoms with E-state index >= 15 is 0 Å². The third-order valence-corrected chi connectivity index (χ3v) is 9.51. The smallest absolute Gasteiger partial charge is 0.287 e. The zero-order valence-corrected chi connectivity index (χ0v) is 18.9. The zero-order valence-electron chi connectivity index (χ0n) is 17.3. The number of nitrogens with zero attached hydrogens (tertiary/aromatic N) is 3. The van der Waals surface area contributed by atoms with Crippen molar-refractivity contribution in [2.75, 3.05) is 6.26 Å². The van der Waals surface area contributed by atoms with Gasteiger partial charge in [-0.3, -0.25) is 4.79 Å². The highest BCUT2D eigenvalue weighted by Gasteiger charge is 2.70. The molecule has 2 aromatic heterocycles. The van der Waals surface area contributed by atoms with Gasteiger partial charge in [-0.2, -0.15) is 0 Å². The van der Waals surface area contributed by atoms with Gasteiger partial charge in [0.15, 0.2) is 15.6 Å². The number of benzene rings is 1. The quantitative estimate of drug-likeness (QED) is 0.590. The number of rotatable bonds is 6. The van der Waals surface area contributed by atoms with Gasteiger partial charge >= 0.3 is 0 Å². The molecule has 2 bridgehead atoms. The van der Waals surface area contributed by atoms with Crippen molar-refractivity contribution in [2.24, 2.45) is 0 Å². The lowest BCUT2D eigenvalue weighted by atomic mass is 9.38. The van der Waals surface area contributed by atoms with E-state index in [0.29, 0.717) is 23.6 Å². The molecule has 0 saturated heterocycles. The SMILES string of the molecule is CS(=O)(=O)C1(c2ccc(C(=O)NC34CC(c5cn(-c6ccc(Cl)cc6)nn5)(C3)C4)o2)CC1. The summed E-state index contributed by atoms with van der Waals surface area (Å²) in [5, 5.41) is 12.4. The Balaban J connectivity index is 1.12. The van der Waals surface area contributed by atoms with Crippen molar-refractivity contribution in [3.8, 4) is 5.69 Å². The fourth-order valence-corrected chi connectivity index (χ4v) is 6.78. The number of sulfone groups is 1. The van der Waals surface area contributed by atoms with E-state index in [-0.39, 0.29) is 22.6 Å². The van der Waals surface area contributed by atoms with E-state index in [0.717, 1.165) is 30.6 Å². The summed E-state index contributed by atoms with van der Waals surface area (Å²) in [5.74, 6) is 0.207. The van der Waals surface area contributed by atoms with E-state index < -0.39 is 14.6 Å². The Morgan fingerprint density at radius 3 is 2.44 bits per heavy atom. The zero-order chi connectivity index (χ0) is 22.4. The predicted molar refractivity (Wildman–Crippen MR) is 117 cm³/mol. The largest absolute Gasteiger partial charge is 0.454 e. The van der Waals surface area contributed by atoms with Crippen LogP contribution in [-0.2, 0) is 20.0 Å². The third kappa shape index (κ3) is 2.80. The Labute approximate surface area is 189 Å². The molecule has 1 N–H and O–H groups in total. The minimum atomic E-state index is -3.28. The van der Waals surface area contributed by atoms with Crippen LogP contribution in [0, 0.1) is 0 Å². The summed E-state index contributed by atoms with van der Waals surface area (Å²) in [6.45, 7) is 0. The van der Waals surface area contributed by atoms with Crippen LogP contribution in [-0.4, -0.2) is 41.1 Å². The number of hydrogen-bond acceptors (Lipinski definition) is 6. The van der Waals surface area contributed by atoms with Gasteiger partial charge in [0.25, 0.3) is 5.91 Å². The first-order valence-corrected chi connectivity index (χ1v) is 12.7. The molecule has 7 rings (SSSR count). The molecule has 4 aliphatic carbocycles. The van der Waals surface area contributed by atoms with Gasteiger partial charge in [-0.15, -0.1) is 5.10 Å². The van der Waals surface area contributed by atoms with Crippen molar-refractivity contribution >= 4 is 27.3 Å². The van der Waals surface area contributed by atoms with Crippen LogP contribution in [0.25, 0.3) is 5.69 Å². The maximum atomic E-state index is 12.7. The van der Waals surface area contributed by atoms with E-state index in [1.807, 2.05) is 30.5 Å². The Morgan fingerprint density at radius 1 is 1.12 bits per heavy atom. The van der Waals surface area contributed by atoms with Crippen LogP contribution in [0.15, 0.2) is 47.0 Å². The summed E-state index contributed by atoms with van der Waals surface area (Å²) >= 11 is 5.95. The molecule has 8 nitrogen and oxygen atoms in total. The van der Waals surface area contributed by atoms with Crippen molar-refractivity contribution < 1.29 is 17.6 Å². The van der Waals surface area contributed by atoms with E-state index in [9.17, 15) is 13.2 Å². The number of carbonyl (C=O) groups is 1. The second-order valence-corrected chi connectivity index (χ2v) is 12.3. The first-order chi connectivity index (χ1) is 15.1. The first kappa shape index (κ1) is 20.0. The monoisotopic (exact) mass is 472 g/mol. The Hall–Kier alpha value is -2.65. The van der Waals surface area contributed by atoms with Crippen LogP contribution >= 0.6 is 11.6 Å². The molecule has 0 unspecified atom stereocenters. The van der Waals surface area contributed by atoms with Crippen molar-refractivity contribution in [1.29, 1.82) is 0 Å². The van der Waals surface area contributed by atoms with E-state index in [1.54, 1.807) is 16.8 Å². The molecular weight excluding hydrogens is 452 g/mol. The van der Waals surface area contributed by atoms with Gasteiger partial charge in [-0.05, 0) is 68.5 Å². The topological polar surface area (TPSA) is 107 Å². The molecule has 0 atom stereocenters. The van der Waals surface area contributed by atoms with E-state index in [2.05, 4.69) is 15.6 Å². The normalized spacial score (nSPS) is 27.3. The average molecular weight is 473 g/mol. The number of nitrogens with one attached hydrogen (secondary N) is 1. The Morgan fingerprint density at radius 2 is 1.81 bits per heavy atom. The third-order valence-electron chi connectivity index (χ3n) is 7.23. The number of furan rings is 1. The fourth-order valence-electron chi connectivity index (χ4n) is 5.34. The van der Waals surface area contributed by atoms with Gasteiger partial charge in [-0.25, -0.2) is 13.1 Å². The molecular formula is C22H21ClN4O4S. The van der Waals surface area contributed by atoms with Crippen molar-refractivity contribution in [3.05, 3.63) is 64.8 Å². The van der Waals surface area contributed by atoms with Crippen LogP contribution < -0.4 is 5.32 Å². The average Bonchev–Trinajstić information content (AvgIpc) is 3.14. The molecule has 4 aliphatic rings. The second-order valence-electron chi connectivity index (χ2n) is 9.50. The van der Waals surface area contributed by atoms with Gasteiger partial charge in [0.05, 0.1) is 17.6 Å². The highest BCUT2D eigenvalue weighted by molar-refractivity contribution is 7.91. The van der Waals surface area contributed by atoms with Gasteiger partial charge in [0.1, 0.15) is 10.5 Å². The van der Waals surface area contributed by atoms with Crippen molar-refractivity contribution in [2.45, 2.75) is 47.8 Å². The van der Waals surface area contributed by atoms with Crippen molar-refractivity contribution in [3.63, 3.8) is 0 Å². The molecule has 4 fully saturated rings. The second kappa shape index (κ2) is 6.23. The van der Waals surface area contributed by atoms with Crippen LogP contribution in [0.5, 0.6) is 0 Å². The molecule has 4 saturated carbocycles. The highest BCUT2D eigenvalue weighted by atomic mass is 35.5. The molecule has 1 aromatic carbocycles. The Kier molecular flexibility index (Phi) is 3.89. The van der Waals surface area contributed by atoms with Crippen molar-refractivity contribution in [1.82, 2.24) is 20.3 Å². The standard InChI is InChI=1S/C22H21ClN4O4S/c1-32(29,30)22(8-9-22)18-7-6-16(31-18)19(28)24-21-11-20(12-21,13-21)17-10-27(26-25-17)15-4-2-14(23)3-5-15/h2-7,10H,8-9,11-13H2,1H3,(H,24,28). The predicted octanol–water partition coefficient (Wildman–Crippen LogP) is 3.15. The molecule has 32 heavy (non-hydrogen) atoms. The summed E-state index contributed by atoms with van der Waals surface area (Å²) in [4.78, 5) is 12.7. The fraction of sp³-hybridized carbons (Fsp3) is 0.409. The lowest BCUT2D eigenvalue weighted by Crippen LogP contribution is -2.76. The molecule has 3 aromatic rings. The Bertz CT molecular complexity index is 1330. The lowest BCUT2D eigenvalue weighted by Gasteiger charge is -2.69. The maximum Gasteiger partial charge on any atom is 0.287 e. The minimum Gasteiger partial charge on any atom is -0.454 e. The number of aromatic nitrogens is 3. The summed E-state index contributed by atoms with van der Waals surface area (Å²) in [6.07, 6.45) is 6.61. The highest BCUT2D eigenvalue weighted by Crippen LogP contribution is 2.67. The minimum absolute atomic E-state index is 0.0549. The summed E-state index contributed by atoms with van der Waals surface area (Å²) in [6, 6.07) is 10.6. The van der Waals surface area contributed by atoms with E-state index in [1.165, 1.54) is 6.26 Å². The van der Waals surface area contributed by atoms with Crippen LogP contribution in [0.1, 0.15) is 54.1 Å². The first-order valence-electron chi connectivity index (χ1n) is 10.5. The summed E-state index contributed by atoms with van der Waals surface area (Å²) < 4.78 is 30.6. The number of halogens is 1. The molecule has 2 heterocycles. The molecule has 166 valence electrons. The number of amides is 1.